The molecule has 0 radical (unpaired) electrons. The van der Waals surface area contributed by atoms with Crippen LogP contribution in [0.3, 0.4) is 0 Å². The summed E-state index contributed by atoms with van der Waals surface area (Å²) in [5.74, 6) is 0.0790. The van der Waals surface area contributed by atoms with E-state index in [-0.39, 0.29) is 11.7 Å². The fourth-order valence-electron chi connectivity index (χ4n) is 2.62. The summed E-state index contributed by atoms with van der Waals surface area (Å²) in [5.41, 5.74) is 2.17. The Labute approximate surface area is 149 Å². The van der Waals surface area contributed by atoms with Gasteiger partial charge in [-0.1, -0.05) is 18.2 Å². The average molecular weight is 354 g/mol. The Bertz CT molecular complexity index is 968. The number of aryl methyl sites for hydroxylation is 1. The molecule has 128 valence electrons. The number of amides is 1. The molecule has 0 unspecified atom stereocenters. The van der Waals surface area contributed by atoms with E-state index in [0.29, 0.717) is 28.7 Å². The number of para-hydroxylation sites is 1. The molecule has 3 rings (SSSR count). The number of rotatable bonds is 5. The highest BCUT2D eigenvalue weighted by molar-refractivity contribution is 7.14. The third-order valence-electron chi connectivity index (χ3n) is 3.91. The summed E-state index contributed by atoms with van der Waals surface area (Å²) >= 11 is 1.37. The van der Waals surface area contributed by atoms with Gasteiger partial charge in [0.25, 0.3) is 0 Å². The molecular weight excluding hydrogens is 336 g/mol. The van der Waals surface area contributed by atoms with Crippen LogP contribution >= 0.6 is 11.3 Å². The van der Waals surface area contributed by atoms with E-state index in [1.165, 1.54) is 24.3 Å². The lowest BCUT2D eigenvalue weighted by Gasteiger charge is -2.14. The number of nitrogens with zero attached hydrogens (tertiary/aromatic N) is 2. The van der Waals surface area contributed by atoms with Gasteiger partial charge in [-0.2, -0.15) is 0 Å². The van der Waals surface area contributed by atoms with Crippen LogP contribution in [0.25, 0.3) is 17.0 Å². The fourth-order valence-corrected chi connectivity index (χ4v) is 3.52. The van der Waals surface area contributed by atoms with Gasteiger partial charge >= 0.3 is 0 Å². The van der Waals surface area contributed by atoms with Crippen molar-refractivity contribution >= 4 is 45.2 Å². The quantitative estimate of drug-likeness (QED) is 0.501. The number of thiazole rings is 1. The maximum Gasteiger partial charge on any atom is 0.225 e. The van der Waals surface area contributed by atoms with Crippen molar-refractivity contribution in [3.63, 3.8) is 0 Å². The van der Waals surface area contributed by atoms with Gasteiger partial charge in [0, 0.05) is 29.8 Å². The van der Waals surface area contributed by atoms with Gasteiger partial charge in [-0.05, 0) is 32.1 Å². The minimum Gasteiger partial charge on any atom is -0.452 e. The van der Waals surface area contributed by atoms with Gasteiger partial charge < -0.3 is 4.42 Å². The lowest BCUT2D eigenvalue weighted by molar-refractivity contribution is -0.116. The van der Waals surface area contributed by atoms with E-state index in [1.807, 2.05) is 43.5 Å². The number of allylic oxidation sites excluding steroid dienone is 1. The number of furan rings is 1. The number of ketones is 1. The van der Waals surface area contributed by atoms with E-state index in [9.17, 15) is 9.59 Å². The Hall–Kier alpha value is -2.73. The van der Waals surface area contributed by atoms with Crippen molar-refractivity contribution in [2.24, 2.45) is 0 Å². The molecule has 0 aliphatic heterocycles. The number of benzene rings is 1. The minimum absolute atomic E-state index is 0.0543. The molecule has 0 aliphatic carbocycles. The maximum absolute atomic E-state index is 12.4. The Balaban J connectivity index is 1.82. The van der Waals surface area contributed by atoms with Crippen molar-refractivity contribution in [3.05, 3.63) is 52.7 Å². The van der Waals surface area contributed by atoms with Gasteiger partial charge in [-0.15, -0.1) is 11.3 Å². The second kappa shape index (κ2) is 7.03. The summed E-state index contributed by atoms with van der Waals surface area (Å²) in [6, 6.07) is 7.57. The molecule has 2 heterocycles. The van der Waals surface area contributed by atoms with Gasteiger partial charge in [0.1, 0.15) is 5.58 Å². The van der Waals surface area contributed by atoms with Crippen LogP contribution in [0.2, 0.25) is 0 Å². The minimum atomic E-state index is -0.206. The lowest BCUT2D eigenvalue weighted by atomic mass is 10.1. The van der Waals surface area contributed by atoms with Crippen molar-refractivity contribution in [2.75, 3.05) is 11.4 Å². The Morgan fingerprint density at radius 3 is 2.76 bits per heavy atom. The van der Waals surface area contributed by atoms with E-state index in [0.717, 1.165) is 10.9 Å². The maximum atomic E-state index is 12.4. The normalized spacial score (nSPS) is 11.3. The number of carbonyl (C=O) groups excluding carboxylic acids is 2. The Kier molecular flexibility index (Phi) is 4.81. The Morgan fingerprint density at radius 1 is 1.32 bits per heavy atom. The van der Waals surface area contributed by atoms with Gasteiger partial charge in [0.2, 0.25) is 11.7 Å². The monoisotopic (exact) mass is 354 g/mol. The van der Waals surface area contributed by atoms with Crippen LogP contribution in [-0.2, 0) is 4.79 Å². The molecule has 6 heteroatoms. The molecule has 0 spiro atoms. The van der Waals surface area contributed by atoms with E-state index >= 15 is 0 Å². The Morgan fingerprint density at radius 2 is 2.08 bits per heavy atom. The molecule has 3 aromatic rings. The topological polar surface area (TPSA) is 63.4 Å². The second-order valence-electron chi connectivity index (χ2n) is 5.57. The molecule has 5 nitrogen and oxygen atoms in total. The molecule has 1 amide bonds. The average Bonchev–Trinajstić information content (AvgIpc) is 3.19. The summed E-state index contributed by atoms with van der Waals surface area (Å²) in [5, 5.41) is 3.38. The highest BCUT2D eigenvalue weighted by Crippen LogP contribution is 2.26. The van der Waals surface area contributed by atoms with Crippen LogP contribution in [0.1, 0.15) is 35.7 Å². The van der Waals surface area contributed by atoms with Crippen LogP contribution in [0.15, 0.2) is 40.1 Å². The van der Waals surface area contributed by atoms with E-state index in [4.69, 9.17) is 4.42 Å². The summed E-state index contributed by atoms with van der Waals surface area (Å²) in [4.78, 5) is 30.0. The highest BCUT2D eigenvalue weighted by Gasteiger charge is 2.16. The van der Waals surface area contributed by atoms with E-state index < -0.39 is 0 Å². The van der Waals surface area contributed by atoms with Gasteiger partial charge in [0.05, 0.1) is 5.69 Å². The highest BCUT2D eigenvalue weighted by atomic mass is 32.1. The number of carbonyl (C=O) groups is 2. The molecule has 0 atom stereocenters. The van der Waals surface area contributed by atoms with E-state index in [1.54, 1.807) is 11.0 Å². The van der Waals surface area contributed by atoms with Crippen molar-refractivity contribution < 1.29 is 14.0 Å². The van der Waals surface area contributed by atoms with Crippen LogP contribution in [0.4, 0.5) is 5.13 Å². The SMILES string of the molecule is CCN(C(C)=O)c1nc(/C=C/C(=O)c2oc3ccccc3c2C)cs1. The molecule has 25 heavy (non-hydrogen) atoms. The molecule has 2 aromatic heterocycles. The molecule has 1 aromatic carbocycles. The van der Waals surface area contributed by atoms with Crippen LogP contribution in [-0.4, -0.2) is 23.2 Å². The second-order valence-corrected chi connectivity index (χ2v) is 6.40. The fraction of sp³-hybridized carbons (Fsp3) is 0.211. The zero-order valence-corrected chi connectivity index (χ0v) is 15.1. The number of hydrogen-bond acceptors (Lipinski definition) is 5. The van der Waals surface area contributed by atoms with Crippen LogP contribution < -0.4 is 4.90 Å². The molecule has 0 aliphatic rings. The predicted molar refractivity (Wildman–Crippen MR) is 100 cm³/mol. The van der Waals surface area contributed by atoms with Crippen molar-refractivity contribution in [3.8, 4) is 0 Å². The first-order valence-electron chi connectivity index (χ1n) is 7.95. The van der Waals surface area contributed by atoms with Gasteiger partial charge in [-0.25, -0.2) is 4.98 Å². The summed E-state index contributed by atoms with van der Waals surface area (Å²) in [6.45, 7) is 5.84. The number of aromatic nitrogens is 1. The zero-order valence-electron chi connectivity index (χ0n) is 14.3. The third kappa shape index (κ3) is 3.39. The molecule has 0 saturated carbocycles. The number of hydrogen-bond donors (Lipinski definition) is 0. The smallest absolute Gasteiger partial charge is 0.225 e. The standard InChI is InChI=1S/C19H18N2O3S/c1-4-21(13(3)22)19-20-14(11-25-19)9-10-16(23)18-12(2)15-7-5-6-8-17(15)24-18/h5-11H,4H2,1-3H3/b10-9+. The lowest BCUT2D eigenvalue weighted by Crippen LogP contribution is -2.27. The number of anilines is 1. The van der Waals surface area contributed by atoms with Crippen molar-refractivity contribution in [1.29, 1.82) is 0 Å². The van der Waals surface area contributed by atoms with Crippen LogP contribution in [0.5, 0.6) is 0 Å². The van der Waals surface area contributed by atoms with Crippen molar-refractivity contribution in [2.45, 2.75) is 20.8 Å². The van der Waals surface area contributed by atoms with E-state index in [2.05, 4.69) is 4.98 Å². The van der Waals surface area contributed by atoms with Gasteiger partial charge in [0.15, 0.2) is 10.9 Å². The summed E-state index contributed by atoms with van der Waals surface area (Å²) < 4.78 is 5.67. The van der Waals surface area contributed by atoms with Gasteiger partial charge in [-0.3, -0.25) is 14.5 Å². The zero-order chi connectivity index (χ0) is 18.0. The summed E-state index contributed by atoms with van der Waals surface area (Å²) in [6.07, 6.45) is 3.09. The molecule has 0 fully saturated rings. The first-order chi connectivity index (χ1) is 12.0. The first-order valence-corrected chi connectivity index (χ1v) is 8.83. The predicted octanol–water partition coefficient (Wildman–Crippen LogP) is 4.47. The molecule has 0 N–H and O–H groups in total. The van der Waals surface area contributed by atoms with Crippen molar-refractivity contribution in [1.82, 2.24) is 4.98 Å². The molecule has 0 bridgehead atoms. The largest absolute Gasteiger partial charge is 0.452 e. The van der Waals surface area contributed by atoms with Crippen LogP contribution in [0, 0.1) is 6.92 Å². The molecule has 0 saturated heterocycles. The summed E-state index contributed by atoms with van der Waals surface area (Å²) in [7, 11) is 0. The first kappa shape index (κ1) is 17.1. The number of fused-ring (bicyclic) bond motifs is 1. The molecular formula is C19H18N2O3S. The third-order valence-corrected chi connectivity index (χ3v) is 4.79.